The Kier molecular flexibility index (Phi) is 32.7. The van der Waals surface area contributed by atoms with E-state index < -0.39 is 99.6 Å². The van der Waals surface area contributed by atoms with Crippen molar-refractivity contribution in [3.05, 3.63) is 0 Å². The number of aliphatic carboxylic acids is 6. The molecule has 0 aromatic rings. The van der Waals surface area contributed by atoms with Gasteiger partial charge in [-0.2, -0.15) is 0 Å². The van der Waals surface area contributed by atoms with Crippen LogP contribution in [0.25, 0.3) is 0 Å². The summed E-state index contributed by atoms with van der Waals surface area (Å²) in [6.45, 7) is -0.252. The average molecular weight is 1060 g/mol. The van der Waals surface area contributed by atoms with Crippen LogP contribution in [0.4, 0.5) is 0 Å². The number of carbonyl (C=O) groups is 6. The fourth-order valence-corrected chi connectivity index (χ4v) is 7.04. The summed E-state index contributed by atoms with van der Waals surface area (Å²) in [4.78, 5) is 79.8. The van der Waals surface area contributed by atoms with Crippen LogP contribution in [-0.2, 0) is 28.8 Å². The fourth-order valence-electron chi connectivity index (χ4n) is 7.04. The molecule has 27 heteroatoms. The van der Waals surface area contributed by atoms with Crippen molar-refractivity contribution in [1.82, 2.24) is 39.2 Å². The predicted octanol–water partition coefficient (Wildman–Crippen LogP) is -11.7. The van der Waals surface area contributed by atoms with Crippen LogP contribution in [0, 0.1) is 39.9 Å². The summed E-state index contributed by atoms with van der Waals surface area (Å²) in [7, 11) is 0. The largest absolute Gasteiger partial charge is 3.00 e. The van der Waals surface area contributed by atoms with Crippen LogP contribution in [0.15, 0.2) is 0 Å². The minimum Gasteiger partial charge on any atom is -0.549 e. The third kappa shape index (κ3) is 27.0. The maximum absolute atomic E-state index is 11.2. The topological polar surface area (TPSA) is 380 Å². The van der Waals surface area contributed by atoms with Crippen LogP contribution >= 0.6 is 0 Å². The van der Waals surface area contributed by atoms with Gasteiger partial charge in [-0.05, 0) is 0 Å². The molecule has 2 aliphatic rings. The quantitative estimate of drug-likeness (QED) is 0.0547. The molecule has 2 unspecified atom stereocenters. The molecule has 2 aliphatic heterocycles. The van der Waals surface area contributed by atoms with E-state index in [1.54, 1.807) is 34.3 Å². The molecule has 0 spiro atoms. The van der Waals surface area contributed by atoms with Gasteiger partial charge in [0.05, 0.1) is 88.3 Å². The van der Waals surface area contributed by atoms with E-state index in [2.05, 4.69) is 0 Å². The van der Waals surface area contributed by atoms with Gasteiger partial charge in [-0.25, -0.2) is 0 Å². The Hall–Kier alpha value is -2.42. The zero-order valence-electron chi connectivity index (χ0n) is 35.3. The molecule has 0 aromatic heterocycles. The summed E-state index contributed by atoms with van der Waals surface area (Å²) in [6.07, 6.45) is -2.47. The van der Waals surface area contributed by atoms with Gasteiger partial charge < -0.3 is 75.7 Å². The Labute approximate surface area is 397 Å². The smallest absolute Gasteiger partial charge is 0.549 e. The molecule has 0 bridgehead atoms. The maximum atomic E-state index is 11.2. The average Bonchev–Trinajstić information content (AvgIpc) is 3.18. The number of hydrogen-bond donors (Lipinski definition) is 9. The number of aliphatic hydroxyl groups excluding tert-OH is 6. The summed E-state index contributed by atoms with van der Waals surface area (Å²) >= 11 is 0. The molecule has 2 heterocycles. The summed E-state index contributed by atoms with van der Waals surface area (Å²) in [5.41, 5.74) is 0. The number of aliphatic hydroxyl groups is 6. The Morgan fingerprint density at radius 2 is 0.556 bits per heavy atom. The van der Waals surface area contributed by atoms with E-state index >= 15 is 0 Å². The van der Waals surface area contributed by atoms with Crippen molar-refractivity contribution in [1.29, 1.82) is 0 Å². The van der Waals surface area contributed by atoms with E-state index in [0.29, 0.717) is 0 Å². The standard InChI is InChI=1S/2C18H34N4O9.Gd/c2*23-12-14(15(25)13-24)22-7-5-20(10-17(28)29)3-1-19(9-16(26)27)2-4-21(6-8-22)11-18(30)31;/h2*14-15,23-25H,1-13H2,(H,26,27)(H,28,29)(H,30,31);/q;;+3/p-3/t2*14?,15-;/m11./s1. The van der Waals surface area contributed by atoms with Gasteiger partial charge in [-0.3, -0.25) is 53.6 Å². The van der Waals surface area contributed by atoms with Crippen molar-refractivity contribution in [2.24, 2.45) is 0 Å². The molecule has 2 fully saturated rings. The number of nitrogens with zero attached hydrogens (tertiary/aromatic N) is 8. The third-order valence-electron chi connectivity index (χ3n) is 10.5. The molecule has 0 aliphatic carbocycles. The SMILES string of the molecule is O=C(O)CN1CCN(CC(=O)O)CCN(C(CO)[C@H](O)CO)CCN(CC(=O)O)CC1.O=C([O-])CN1CCN(CC(=O)[O-])CCN(C(CO)[C@H](O)CO)CCN(CC(=O)[O-])CC1.[Gd+3]. The van der Waals surface area contributed by atoms with E-state index in [1.807, 2.05) is 0 Å². The van der Waals surface area contributed by atoms with E-state index in [-0.39, 0.29) is 171 Å². The van der Waals surface area contributed by atoms with Gasteiger partial charge in [0.25, 0.3) is 0 Å². The van der Waals surface area contributed by atoms with E-state index in [0.717, 1.165) is 0 Å². The minimum absolute atomic E-state index is 0. The number of carbonyl (C=O) groups excluding carboxylic acids is 3. The molecular weight excluding hydrogens is 990 g/mol. The molecule has 0 aromatic carbocycles. The van der Waals surface area contributed by atoms with Gasteiger partial charge in [0.2, 0.25) is 0 Å². The van der Waals surface area contributed by atoms with Crippen LogP contribution < -0.4 is 15.3 Å². The van der Waals surface area contributed by atoms with Crippen LogP contribution in [-0.4, -0.2) is 316 Å². The van der Waals surface area contributed by atoms with Crippen LogP contribution in [0.1, 0.15) is 0 Å². The van der Waals surface area contributed by atoms with Gasteiger partial charge in [-0.15, -0.1) is 0 Å². The monoisotopic (exact) mass is 1060 g/mol. The first-order chi connectivity index (χ1) is 29.3. The van der Waals surface area contributed by atoms with Crippen molar-refractivity contribution in [3.63, 3.8) is 0 Å². The second kappa shape index (κ2) is 34.0. The predicted molar refractivity (Wildman–Crippen MR) is 208 cm³/mol. The normalized spacial score (nSPS) is 20.7. The first kappa shape index (κ1) is 60.6. The molecule has 0 saturated carbocycles. The first-order valence-corrected chi connectivity index (χ1v) is 20.2. The zero-order chi connectivity index (χ0) is 46.8. The molecule has 26 nitrogen and oxygen atoms in total. The maximum Gasteiger partial charge on any atom is 3.00 e. The summed E-state index contributed by atoms with van der Waals surface area (Å²) in [5.74, 6) is -7.02. The van der Waals surface area contributed by atoms with Gasteiger partial charge in [0.1, 0.15) is 0 Å². The molecular formula is C36H65GdN8O18. The zero-order valence-corrected chi connectivity index (χ0v) is 37.6. The second-order valence-electron chi connectivity index (χ2n) is 15.0. The van der Waals surface area contributed by atoms with Crippen LogP contribution in [0.3, 0.4) is 0 Å². The van der Waals surface area contributed by atoms with Crippen molar-refractivity contribution in [2.45, 2.75) is 24.3 Å². The summed E-state index contributed by atoms with van der Waals surface area (Å²) in [6, 6.07) is -1.63. The Balaban J connectivity index is 0.00000120. The number of carboxylic acid groups (broad SMARTS) is 6. The summed E-state index contributed by atoms with van der Waals surface area (Å²) < 4.78 is 0. The minimum atomic E-state index is -1.31. The van der Waals surface area contributed by atoms with Crippen molar-refractivity contribution >= 4 is 35.8 Å². The van der Waals surface area contributed by atoms with E-state index in [4.69, 9.17) is 5.11 Å². The molecule has 9 N–H and O–H groups in total. The molecule has 1 radical (unpaired) electrons. The Morgan fingerprint density at radius 1 is 0.365 bits per heavy atom. The second-order valence-corrected chi connectivity index (χ2v) is 15.0. The fraction of sp³-hybridized carbons (Fsp3) is 0.833. The van der Waals surface area contributed by atoms with Crippen molar-refractivity contribution in [3.8, 4) is 0 Å². The molecule has 0 amide bonds. The summed E-state index contributed by atoms with van der Waals surface area (Å²) in [5, 5.41) is 119. The molecule has 2 saturated heterocycles. The third-order valence-corrected chi connectivity index (χ3v) is 10.5. The number of rotatable bonds is 20. The molecule has 63 heavy (non-hydrogen) atoms. The van der Waals surface area contributed by atoms with Gasteiger partial charge in [-0.1, -0.05) is 0 Å². The number of carboxylic acids is 6. The molecule has 2 rings (SSSR count). The Morgan fingerprint density at radius 3 is 0.714 bits per heavy atom. The molecule has 4 atom stereocenters. The number of hydrogen-bond acceptors (Lipinski definition) is 23. The first-order valence-electron chi connectivity index (χ1n) is 20.2. The van der Waals surface area contributed by atoms with Crippen LogP contribution in [0.5, 0.6) is 0 Å². The molecule has 365 valence electrons. The Bertz CT molecular complexity index is 1200. The van der Waals surface area contributed by atoms with Gasteiger partial charge >= 0.3 is 57.8 Å². The van der Waals surface area contributed by atoms with Gasteiger partial charge in [0, 0.05) is 124 Å². The van der Waals surface area contributed by atoms with Crippen molar-refractivity contribution in [2.75, 3.05) is 170 Å². The van der Waals surface area contributed by atoms with Crippen molar-refractivity contribution < 1.29 is 130 Å². The van der Waals surface area contributed by atoms with Gasteiger partial charge in [0.15, 0.2) is 0 Å². The van der Waals surface area contributed by atoms with Crippen LogP contribution in [0.2, 0.25) is 0 Å². The van der Waals surface area contributed by atoms with E-state index in [9.17, 15) is 84.9 Å². The van der Waals surface area contributed by atoms with E-state index in [1.165, 1.54) is 4.90 Å².